The Labute approximate surface area is 106 Å². The van der Waals surface area contributed by atoms with E-state index in [1.165, 1.54) is 0 Å². The SMILES string of the molecule is CCS(=O)(=O)c1ccc(-c2cnc(N)n2C)cc1. The number of nitrogens with two attached hydrogens (primary N) is 1. The average Bonchev–Trinajstić information content (AvgIpc) is 2.70. The third-order valence-electron chi connectivity index (χ3n) is 2.91. The second-order valence-corrected chi connectivity index (χ2v) is 6.27. The van der Waals surface area contributed by atoms with Crippen molar-refractivity contribution >= 4 is 15.8 Å². The highest BCUT2D eigenvalue weighted by atomic mass is 32.2. The Morgan fingerprint density at radius 1 is 1.28 bits per heavy atom. The quantitative estimate of drug-likeness (QED) is 0.911. The molecule has 5 nitrogen and oxygen atoms in total. The van der Waals surface area contributed by atoms with E-state index in [0.29, 0.717) is 10.8 Å². The highest BCUT2D eigenvalue weighted by Gasteiger charge is 2.12. The third-order valence-corrected chi connectivity index (χ3v) is 4.66. The minimum atomic E-state index is -3.15. The number of nitrogens with zero attached hydrogens (tertiary/aromatic N) is 2. The summed E-state index contributed by atoms with van der Waals surface area (Å²) in [6.45, 7) is 1.63. The lowest BCUT2D eigenvalue weighted by Crippen LogP contribution is -2.03. The molecule has 2 rings (SSSR count). The van der Waals surface area contributed by atoms with Gasteiger partial charge in [-0.3, -0.25) is 0 Å². The van der Waals surface area contributed by atoms with Crippen molar-refractivity contribution in [3.63, 3.8) is 0 Å². The minimum absolute atomic E-state index is 0.102. The third kappa shape index (κ3) is 2.11. The van der Waals surface area contributed by atoms with Crippen LogP contribution in [0.5, 0.6) is 0 Å². The van der Waals surface area contributed by atoms with Crippen LogP contribution in [0.25, 0.3) is 11.3 Å². The van der Waals surface area contributed by atoms with Gasteiger partial charge in [-0.05, 0) is 17.7 Å². The van der Waals surface area contributed by atoms with Crippen molar-refractivity contribution in [2.24, 2.45) is 7.05 Å². The van der Waals surface area contributed by atoms with Crippen molar-refractivity contribution in [2.45, 2.75) is 11.8 Å². The van der Waals surface area contributed by atoms with Crippen molar-refractivity contribution in [1.82, 2.24) is 9.55 Å². The van der Waals surface area contributed by atoms with Crippen molar-refractivity contribution in [2.75, 3.05) is 11.5 Å². The molecular formula is C12H15N3O2S. The lowest BCUT2D eigenvalue weighted by molar-refractivity contribution is 0.597. The molecule has 0 radical (unpaired) electrons. The van der Waals surface area contributed by atoms with Gasteiger partial charge in [-0.1, -0.05) is 19.1 Å². The number of sulfone groups is 1. The molecule has 18 heavy (non-hydrogen) atoms. The molecule has 0 amide bonds. The predicted molar refractivity (Wildman–Crippen MR) is 70.8 cm³/mol. The first-order valence-corrected chi connectivity index (χ1v) is 7.21. The first-order valence-electron chi connectivity index (χ1n) is 5.56. The second kappa shape index (κ2) is 4.45. The molecule has 0 unspecified atom stereocenters. The molecule has 0 aliphatic carbocycles. The standard InChI is InChI=1S/C12H15N3O2S/c1-3-18(16,17)10-6-4-9(5-7-10)11-8-14-12(13)15(11)2/h4-8H,3H2,1-2H3,(H2,13,14). The summed E-state index contributed by atoms with van der Waals surface area (Å²) in [4.78, 5) is 4.34. The lowest BCUT2D eigenvalue weighted by Gasteiger charge is -2.05. The number of benzene rings is 1. The molecule has 1 heterocycles. The van der Waals surface area contributed by atoms with Crippen LogP contribution in [0.15, 0.2) is 35.4 Å². The number of imidazole rings is 1. The van der Waals surface area contributed by atoms with Crippen LogP contribution in [0.1, 0.15) is 6.92 Å². The molecular weight excluding hydrogens is 250 g/mol. The van der Waals surface area contributed by atoms with E-state index in [2.05, 4.69) is 4.98 Å². The molecule has 0 fully saturated rings. The fraction of sp³-hybridized carbons (Fsp3) is 0.250. The fourth-order valence-corrected chi connectivity index (χ4v) is 2.58. The normalized spacial score (nSPS) is 11.7. The molecule has 0 aliphatic rings. The van der Waals surface area contributed by atoms with Crippen molar-refractivity contribution < 1.29 is 8.42 Å². The van der Waals surface area contributed by atoms with Crippen molar-refractivity contribution in [1.29, 1.82) is 0 Å². The van der Waals surface area contributed by atoms with Crippen LogP contribution in [0.2, 0.25) is 0 Å². The molecule has 1 aromatic carbocycles. The molecule has 2 aromatic rings. The van der Waals surface area contributed by atoms with Gasteiger partial charge in [-0.15, -0.1) is 0 Å². The number of hydrogen-bond acceptors (Lipinski definition) is 4. The predicted octanol–water partition coefficient (Wildman–Crippen LogP) is 1.46. The van der Waals surface area contributed by atoms with Crippen molar-refractivity contribution in [3.8, 4) is 11.3 Å². The smallest absolute Gasteiger partial charge is 0.200 e. The lowest BCUT2D eigenvalue weighted by atomic mass is 10.2. The summed E-state index contributed by atoms with van der Waals surface area (Å²) in [5, 5.41) is 0. The summed E-state index contributed by atoms with van der Waals surface area (Å²) >= 11 is 0. The van der Waals surface area contributed by atoms with E-state index in [1.54, 1.807) is 42.0 Å². The summed E-state index contributed by atoms with van der Waals surface area (Å²) in [6.07, 6.45) is 1.67. The van der Waals surface area contributed by atoms with Crippen LogP contribution in [-0.2, 0) is 16.9 Å². The monoisotopic (exact) mass is 265 g/mol. The molecule has 2 N–H and O–H groups in total. The molecule has 1 aromatic heterocycles. The van der Waals surface area contributed by atoms with Gasteiger partial charge in [-0.2, -0.15) is 0 Å². The molecule has 6 heteroatoms. The van der Waals surface area contributed by atoms with Gasteiger partial charge in [0.2, 0.25) is 0 Å². The Bertz CT molecular complexity index is 657. The Hall–Kier alpha value is -1.82. The first-order chi connectivity index (χ1) is 8.45. The summed E-state index contributed by atoms with van der Waals surface area (Å²) in [6, 6.07) is 6.74. The van der Waals surface area contributed by atoms with Gasteiger partial charge in [0.25, 0.3) is 0 Å². The van der Waals surface area contributed by atoms with Crippen molar-refractivity contribution in [3.05, 3.63) is 30.5 Å². The molecule has 0 bridgehead atoms. The summed E-state index contributed by atoms with van der Waals surface area (Å²) in [5.41, 5.74) is 7.40. The largest absolute Gasteiger partial charge is 0.369 e. The number of nitrogen functional groups attached to an aromatic ring is 1. The van der Waals surface area contributed by atoms with Crippen LogP contribution >= 0.6 is 0 Å². The van der Waals surface area contributed by atoms with Crippen LogP contribution in [0.4, 0.5) is 5.95 Å². The van der Waals surface area contributed by atoms with Gasteiger partial charge in [0.1, 0.15) is 0 Å². The van der Waals surface area contributed by atoms with Gasteiger partial charge < -0.3 is 10.3 Å². The Morgan fingerprint density at radius 2 is 1.89 bits per heavy atom. The molecule has 0 spiro atoms. The van der Waals surface area contributed by atoms with Crippen LogP contribution < -0.4 is 5.73 Å². The fourth-order valence-electron chi connectivity index (χ4n) is 1.69. The van der Waals surface area contributed by atoms with Gasteiger partial charge in [-0.25, -0.2) is 13.4 Å². The van der Waals surface area contributed by atoms with Crippen LogP contribution in [0.3, 0.4) is 0 Å². The zero-order chi connectivity index (χ0) is 13.3. The maximum Gasteiger partial charge on any atom is 0.200 e. The Morgan fingerprint density at radius 3 is 2.33 bits per heavy atom. The topological polar surface area (TPSA) is 78.0 Å². The maximum absolute atomic E-state index is 11.7. The van der Waals surface area contributed by atoms with Gasteiger partial charge in [0, 0.05) is 7.05 Å². The number of hydrogen-bond donors (Lipinski definition) is 1. The van der Waals surface area contributed by atoms with Crippen LogP contribution in [-0.4, -0.2) is 23.7 Å². The Balaban J connectivity index is 2.43. The van der Waals surface area contributed by atoms with E-state index in [-0.39, 0.29) is 5.75 Å². The summed E-state index contributed by atoms with van der Waals surface area (Å²) in [5.74, 6) is 0.528. The van der Waals surface area contributed by atoms with E-state index >= 15 is 0 Å². The first kappa shape index (κ1) is 12.6. The highest BCUT2D eigenvalue weighted by Crippen LogP contribution is 2.22. The average molecular weight is 265 g/mol. The molecule has 0 saturated carbocycles. The number of aromatic nitrogens is 2. The van der Waals surface area contributed by atoms with E-state index < -0.39 is 9.84 Å². The zero-order valence-electron chi connectivity index (χ0n) is 10.3. The maximum atomic E-state index is 11.7. The minimum Gasteiger partial charge on any atom is -0.369 e. The summed E-state index contributed by atoms with van der Waals surface area (Å²) in [7, 11) is -1.34. The zero-order valence-corrected chi connectivity index (χ0v) is 11.1. The molecule has 96 valence electrons. The van der Waals surface area contributed by atoms with E-state index in [1.807, 2.05) is 7.05 Å². The summed E-state index contributed by atoms with van der Waals surface area (Å²) < 4.78 is 25.1. The van der Waals surface area contributed by atoms with E-state index in [0.717, 1.165) is 11.3 Å². The molecule has 0 aliphatic heterocycles. The van der Waals surface area contributed by atoms with E-state index in [9.17, 15) is 8.42 Å². The molecule has 0 atom stereocenters. The van der Waals surface area contributed by atoms with Crippen LogP contribution in [0, 0.1) is 0 Å². The highest BCUT2D eigenvalue weighted by molar-refractivity contribution is 7.91. The van der Waals surface area contributed by atoms with Gasteiger partial charge in [0.15, 0.2) is 15.8 Å². The number of anilines is 1. The number of rotatable bonds is 3. The Kier molecular flexibility index (Phi) is 3.13. The molecule has 0 saturated heterocycles. The van der Waals surface area contributed by atoms with Gasteiger partial charge >= 0.3 is 0 Å². The van der Waals surface area contributed by atoms with Gasteiger partial charge in [0.05, 0.1) is 22.5 Å². The van der Waals surface area contributed by atoms with E-state index in [4.69, 9.17) is 5.73 Å². The second-order valence-electron chi connectivity index (χ2n) is 3.99.